The summed E-state index contributed by atoms with van der Waals surface area (Å²) in [7, 11) is 0. The quantitative estimate of drug-likeness (QED) is 0.780. The van der Waals surface area contributed by atoms with Crippen molar-refractivity contribution in [3.05, 3.63) is 59.9 Å². The summed E-state index contributed by atoms with van der Waals surface area (Å²) in [5, 5.41) is 0.455. The van der Waals surface area contributed by atoms with E-state index in [0.717, 1.165) is 17.0 Å². The van der Waals surface area contributed by atoms with Gasteiger partial charge in [-0.05, 0) is 36.8 Å². The van der Waals surface area contributed by atoms with Crippen LogP contribution in [-0.2, 0) is 0 Å². The Labute approximate surface area is 128 Å². The first-order chi connectivity index (χ1) is 10.1. The van der Waals surface area contributed by atoms with Crippen molar-refractivity contribution in [1.82, 2.24) is 0 Å². The molecule has 0 aliphatic carbocycles. The maximum atomic E-state index is 13.4. The highest BCUT2D eigenvalue weighted by atomic mass is 32.2. The van der Waals surface area contributed by atoms with E-state index in [1.165, 1.54) is 12.1 Å². The summed E-state index contributed by atoms with van der Waals surface area (Å²) in [5.41, 5.74) is 1.31. The van der Waals surface area contributed by atoms with Crippen LogP contribution in [0.3, 0.4) is 0 Å². The molecule has 4 heteroatoms. The van der Waals surface area contributed by atoms with Crippen LogP contribution in [0.1, 0.15) is 23.7 Å². The van der Waals surface area contributed by atoms with Gasteiger partial charge < -0.3 is 4.90 Å². The van der Waals surface area contributed by atoms with Gasteiger partial charge in [-0.1, -0.05) is 25.1 Å². The maximum Gasteiger partial charge on any atom is 0.258 e. The van der Waals surface area contributed by atoms with Crippen LogP contribution in [0.2, 0.25) is 0 Å². The number of amides is 1. The number of para-hydroxylation sites is 1. The second-order valence-corrected chi connectivity index (χ2v) is 6.63. The number of benzene rings is 2. The number of hydrogen-bond donors (Lipinski definition) is 0. The highest BCUT2D eigenvalue weighted by Gasteiger charge is 2.24. The summed E-state index contributed by atoms with van der Waals surface area (Å²) in [6, 6.07) is 13.8. The first-order valence-electron chi connectivity index (χ1n) is 6.98. The molecule has 21 heavy (non-hydrogen) atoms. The van der Waals surface area contributed by atoms with Crippen molar-refractivity contribution in [2.45, 2.75) is 23.5 Å². The number of thioether (sulfide) groups is 1. The number of rotatable bonds is 1. The zero-order chi connectivity index (χ0) is 14.8. The van der Waals surface area contributed by atoms with E-state index >= 15 is 0 Å². The molecule has 108 valence electrons. The van der Waals surface area contributed by atoms with E-state index in [4.69, 9.17) is 0 Å². The number of fused-ring (bicyclic) bond motifs is 1. The Kier molecular flexibility index (Phi) is 3.97. The standard InChI is InChI=1S/C17H16FNOS/c1-12-9-10-19(15-7-2-3-8-16(15)21-12)17(20)13-5-4-6-14(18)11-13/h2-8,11-12H,9-10H2,1H3/t12-/m0/s1. The Morgan fingerprint density at radius 1 is 1.24 bits per heavy atom. The number of carbonyl (C=O) groups is 1. The minimum absolute atomic E-state index is 0.142. The molecule has 1 amide bonds. The van der Waals surface area contributed by atoms with Gasteiger partial charge in [0.2, 0.25) is 0 Å². The lowest BCUT2D eigenvalue weighted by Crippen LogP contribution is -2.32. The number of nitrogens with zero attached hydrogens (tertiary/aromatic N) is 1. The Bertz CT molecular complexity index is 673. The molecule has 0 radical (unpaired) electrons. The molecule has 0 N–H and O–H groups in total. The lowest BCUT2D eigenvalue weighted by Gasteiger charge is -2.22. The Hall–Kier alpha value is -1.81. The molecule has 0 spiro atoms. The van der Waals surface area contributed by atoms with E-state index < -0.39 is 0 Å². The van der Waals surface area contributed by atoms with Gasteiger partial charge in [-0.2, -0.15) is 0 Å². The molecular formula is C17H16FNOS. The molecule has 3 rings (SSSR count). The largest absolute Gasteiger partial charge is 0.307 e. The molecule has 2 nitrogen and oxygen atoms in total. The molecule has 0 saturated carbocycles. The third-order valence-electron chi connectivity index (χ3n) is 3.56. The topological polar surface area (TPSA) is 20.3 Å². The lowest BCUT2D eigenvalue weighted by atomic mass is 10.1. The molecule has 1 atom stereocenters. The highest BCUT2D eigenvalue weighted by molar-refractivity contribution is 8.00. The fourth-order valence-electron chi connectivity index (χ4n) is 2.48. The van der Waals surface area contributed by atoms with Crippen molar-refractivity contribution in [2.75, 3.05) is 11.4 Å². The minimum atomic E-state index is -0.383. The average Bonchev–Trinajstić information content (AvgIpc) is 2.65. The van der Waals surface area contributed by atoms with E-state index in [2.05, 4.69) is 6.92 Å². The van der Waals surface area contributed by atoms with Crippen LogP contribution < -0.4 is 4.90 Å². The summed E-state index contributed by atoms with van der Waals surface area (Å²) in [4.78, 5) is 15.6. The Morgan fingerprint density at radius 2 is 2.05 bits per heavy atom. The van der Waals surface area contributed by atoms with Crippen LogP contribution in [0.15, 0.2) is 53.4 Å². The zero-order valence-electron chi connectivity index (χ0n) is 11.8. The molecular weight excluding hydrogens is 285 g/mol. The van der Waals surface area contributed by atoms with E-state index in [1.807, 2.05) is 24.3 Å². The smallest absolute Gasteiger partial charge is 0.258 e. The fraction of sp³-hybridized carbons (Fsp3) is 0.235. The Balaban J connectivity index is 2.00. The molecule has 0 fully saturated rings. The summed E-state index contributed by atoms with van der Waals surface area (Å²) in [5.74, 6) is -0.525. The SMILES string of the molecule is C[C@H]1CCN(C(=O)c2cccc(F)c2)c2ccccc2S1. The first-order valence-corrected chi connectivity index (χ1v) is 7.86. The molecule has 0 unspecified atom stereocenters. The van der Waals surface area contributed by atoms with Gasteiger partial charge in [-0.15, -0.1) is 11.8 Å². The highest BCUT2D eigenvalue weighted by Crippen LogP contribution is 2.37. The second kappa shape index (κ2) is 5.90. The van der Waals surface area contributed by atoms with Crippen LogP contribution >= 0.6 is 11.8 Å². The number of hydrogen-bond acceptors (Lipinski definition) is 2. The third-order valence-corrected chi connectivity index (χ3v) is 4.80. The average molecular weight is 301 g/mol. The molecule has 1 aliphatic rings. The summed E-state index contributed by atoms with van der Waals surface area (Å²) in [6.07, 6.45) is 0.917. The number of anilines is 1. The van der Waals surface area contributed by atoms with E-state index in [1.54, 1.807) is 28.8 Å². The van der Waals surface area contributed by atoms with Crippen molar-refractivity contribution in [2.24, 2.45) is 0 Å². The molecule has 0 aromatic heterocycles. The lowest BCUT2D eigenvalue weighted by molar-refractivity contribution is 0.0986. The monoisotopic (exact) mass is 301 g/mol. The van der Waals surface area contributed by atoms with Gasteiger partial charge in [-0.3, -0.25) is 4.79 Å². The normalized spacial score (nSPS) is 18.0. The van der Waals surface area contributed by atoms with Crippen LogP contribution in [-0.4, -0.2) is 17.7 Å². The Morgan fingerprint density at radius 3 is 2.86 bits per heavy atom. The van der Waals surface area contributed by atoms with Crippen molar-refractivity contribution in [3.8, 4) is 0 Å². The van der Waals surface area contributed by atoms with Gasteiger partial charge in [-0.25, -0.2) is 4.39 Å². The van der Waals surface area contributed by atoms with E-state index in [-0.39, 0.29) is 11.7 Å². The van der Waals surface area contributed by atoms with E-state index in [9.17, 15) is 9.18 Å². The van der Waals surface area contributed by atoms with Crippen LogP contribution in [0.5, 0.6) is 0 Å². The summed E-state index contributed by atoms with van der Waals surface area (Å²) >= 11 is 1.78. The fourth-order valence-corrected chi connectivity index (χ4v) is 3.59. The van der Waals surface area contributed by atoms with Gasteiger partial charge in [0.1, 0.15) is 5.82 Å². The van der Waals surface area contributed by atoms with Crippen LogP contribution in [0.25, 0.3) is 0 Å². The second-order valence-electron chi connectivity index (χ2n) is 5.15. The van der Waals surface area contributed by atoms with Gasteiger partial charge in [0.25, 0.3) is 5.91 Å². The minimum Gasteiger partial charge on any atom is -0.307 e. The molecule has 1 aliphatic heterocycles. The van der Waals surface area contributed by atoms with E-state index in [0.29, 0.717) is 17.4 Å². The van der Waals surface area contributed by atoms with Crippen LogP contribution in [0.4, 0.5) is 10.1 Å². The van der Waals surface area contributed by atoms with Crippen molar-refractivity contribution >= 4 is 23.4 Å². The van der Waals surface area contributed by atoms with Crippen molar-refractivity contribution in [3.63, 3.8) is 0 Å². The van der Waals surface area contributed by atoms with Crippen LogP contribution in [0, 0.1) is 5.82 Å². The number of carbonyl (C=O) groups excluding carboxylic acids is 1. The van der Waals surface area contributed by atoms with Gasteiger partial charge in [0.05, 0.1) is 5.69 Å². The van der Waals surface area contributed by atoms with Crippen molar-refractivity contribution < 1.29 is 9.18 Å². The summed E-state index contributed by atoms with van der Waals surface area (Å²) in [6.45, 7) is 2.82. The maximum absolute atomic E-state index is 13.4. The first kappa shape index (κ1) is 14.1. The predicted octanol–water partition coefficient (Wildman–Crippen LogP) is 4.36. The van der Waals surface area contributed by atoms with Gasteiger partial charge in [0, 0.05) is 22.3 Å². The van der Waals surface area contributed by atoms with Gasteiger partial charge in [0.15, 0.2) is 0 Å². The molecule has 2 aromatic carbocycles. The van der Waals surface area contributed by atoms with Gasteiger partial charge >= 0.3 is 0 Å². The predicted molar refractivity (Wildman–Crippen MR) is 84.5 cm³/mol. The summed E-state index contributed by atoms with van der Waals surface area (Å²) < 4.78 is 13.4. The molecule has 0 saturated heterocycles. The number of halogens is 1. The third kappa shape index (κ3) is 2.95. The molecule has 1 heterocycles. The van der Waals surface area contributed by atoms with Crippen molar-refractivity contribution in [1.29, 1.82) is 0 Å². The zero-order valence-corrected chi connectivity index (χ0v) is 12.6. The molecule has 0 bridgehead atoms. The molecule has 2 aromatic rings.